The lowest BCUT2D eigenvalue weighted by Gasteiger charge is -2.15. The molecule has 0 saturated carbocycles. The predicted octanol–water partition coefficient (Wildman–Crippen LogP) is 3.78. The van der Waals surface area contributed by atoms with Crippen molar-refractivity contribution in [3.8, 4) is 5.75 Å². The Bertz CT molecular complexity index is 741. The SMILES string of the molecule is CN=C(NCc1cc(C)ccc1OC(F)F)NCc1ncccc1C.I. The van der Waals surface area contributed by atoms with E-state index in [-0.39, 0.29) is 29.7 Å². The third-order valence-electron chi connectivity index (χ3n) is 3.64. The number of hydrogen-bond donors (Lipinski definition) is 2. The van der Waals surface area contributed by atoms with Crippen LogP contribution in [-0.2, 0) is 13.1 Å². The molecule has 0 aliphatic rings. The number of alkyl halides is 2. The molecule has 2 rings (SSSR count). The zero-order valence-corrected chi connectivity index (χ0v) is 17.3. The third-order valence-corrected chi connectivity index (χ3v) is 3.64. The molecule has 2 aromatic rings. The van der Waals surface area contributed by atoms with E-state index in [9.17, 15) is 8.78 Å². The number of aromatic nitrogens is 1. The van der Waals surface area contributed by atoms with Crippen molar-refractivity contribution in [3.05, 3.63) is 58.9 Å². The van der Waals surface area contributed by atoms with Gasteiger partial charge in [-0.2, -0.15) is 8.78 Å². The van der Waals surface area contributed by atoms with Gasteiger partial charge in [0.1, 0.15) is 5.75 Å². The fourth-order valence-electron chi connectivity index (χ4n) is 2.33. The van der Waals surface area contributed by atoms with Crippen LogP contribution >= 0.6 is 24.0 Å². The first-order valence-electron chi connectivity index (χ1n) is 7.89. The van der Waals surface area contributed by atoms with Gasteiger partial charge in [0.15, 0.2) is 5.96 Å². The van der Waals surface area contributed by atoms with Gasteiger partial charge in [-0.1, -0.05) is 23.8 Å². The Morgan fingerprint density at radius 2 is 1.92 bits per heavy atom. The summed E-state index contributed by atoms with van der Waals surface area (Å²) in [5.74, 6) is 0.707. The quantitative estimate of drug-likeness (QED) is 0.379. The van der Waals surface area contributed by atoms with Crippen LogP contribution in [0.15, 0.2) is 41.5 Å². The maximum absolute atomic E-state index is 12.5. The molecule has 0 bridgehead atoms. The maximum atomic E-state index is 12.5. The molecule has 8 heteroatoms. The van der Waals surface area contributed by atoms with E-state index in [0.717, 1.165) is 16.8 Å². The highest BCUT2D eigenvalue weighted by atomic mass is 127. The van der Waals surface area contributed by atoms with Crippen molar-refractivity contribution in [3.63, 3.8) is 0 Å². The Morgan fingerprint density at radius 1 is 1.19 bits per heavy atom. The van der Waals surface area contributed by atoms with Gasteiger partial charge in [0, 0.05) is 25.4 Å². The zero-order chi connectivity index (χ0) is 18.2. The Hall–Kier alpha value is -1.97. The van der Waals surface area contributed by atoms with Crippen LogP contribution in [0.3, 0.4) is 0 Å². The van der Waals surface area contributed by atoms with Gasteiger partial charge in [-0.15, -0.1) is 24.0 Å². The smallest absolute Gasteiger partial charge is 0.387 e. The van der Waals surface area contributed by atoms with Crippen molar-refractivity contribution in [2.24, 2.45) is 4.99 Å². The minimum Gasteiger partial charge on any atom is -0.434 e. The largest absolute Gasteiger partial charge is 0.434 e. The van der Waals surface area contributed by atoms with E-state index >= 15 is 0 Å². The molecule has 0 saturated heterocycles. The molecule has 1 heterocycles. The average Bonchev–Trinajstić information content (AvgIpc) is 2.58. The minimum atomic E-state index is -2.86. The molecule has 5 nitrogen and oxygen atoms in total. The summed E-state index contributed by atoms with van der Waals surface area (Å²) in [5, 5.41) is 6.26. The van der Waals surface area contributed by atoms with Gasteiger partial charge in [-0.3, -0.25) is 9.98 Å². The van der Waals surface area contributed by atoms with Crippen molar-refractivity contribution in [2.45, 2.75) is 33.5 Å². The molecule has 142 valence electrons. The number of nitrogens with zero attached hydrogens (tertiary/aromatic N) is 2. The lowest BCUT2D eigenvalue weighted by Crippen LogP contribution is -2.36. The Kier molecular flexibility index (Phi) is 9.25. The third kappa shape index (κ3) is 6.74. The van der Waals surface area contributed by atoms with Crippen molar-refractivity contribution < 1.29 is 13.5 Å². The number of nitrogens with one attached hydrogen (secondary N) is 2. The standard InChI is InChI=1S/C18H22F2N4O.HI/c1-12-6-7-16(25-17(19)20)14(9-12)10-23-18(21-3)24-11-15-13(2)5-4-8-22-15;/h4-9,17H,10-11H2,1-3H3,(H2,21,23,24);1H. The first-order chi connectivity index (χ1) is 12.0. The van der Waals surface area contributed by atoms with Crippen LogP contribution < -0.4 is 15.4 Å². The van der Waals surface area contributed by atoms with Gasteiger partial charge in [0.05, 0.1) is 12.2 Å². The number of hydrogen-bond acceptors (Lipinski definition) is 3. The van der Waals surface area contributed by atoms with E-state index in [1.54, 1.807) is 31.4 Å². The van der Waals surface area contributed by atoms with Crippen molar-refractivity contribution in [1.82, 2.24) is 15.6 Å². The molecule has 0 amide bonds. The van der Waals surface area contributed by atoms with Crippen molar-refractivity contribution in [1.29, 1.82) is 0 Å². The van der Waals surface area contributed by atoms with Gasteiger partial charge in [-0.05, 0) is 31.5 Å². The van der Waals surface area contributed by atoms with Crippen LogP contribution in [0.25, 0.3) is 0 Å². The van der Waals surface area contributed by atoms with Crippen molar-refractivity contribution >= 4 is 29.9 Å². The number of rotatable bonds is 6. The summed E-state index contributed by atoms with van der Waals surface area (Å²) in [6.45, 7) is 1.85. The number of halogens is 3. The highest BCUT2D eigenvalue weighted by Crippen LogP contribution is 2.21. The molecular weight excluding hydrogens is 453 g/mol. The lowest BCUT2D eigenvalue weighted by atomic mass is 10.1. The number of ether oxygens (including phenoxy) is 1. The monoisotopic (exact) mass is 476 g/mol. The van der Waals surface area contributed by atoms with Crippen LogP contribution in [0.1, 0.15) is 22.4 Å². The molecule has 1 aromatic carbocycles. The molecule has 2 N–H and O–H groups in total. The summed E-state index contributed by atoms with van der Waals surface area (Å²) in [7, 11) is 1.65. The number of aryl methyl sites for hydroxylation is 2. The topological polar surface area (TPSA) is 58.5 Å². The van der Waals surface area contributed by atoms with E-state index in [1.807, 2.05) is 26.0 Å². The zero-order valence-electron chi connectivity index (χ0n) is 14.9. The predicted molar refractivity (Wildman–Crippen MR) is 109 cm³/mol. The number of pyridine rings is 1. The molecule has 0 unspecified atom stereocenters. The van der Waals surface area contributed by atoms with E-state index in [1.165, 1.54) is 0 Å². The van der Waals surface area contributed by atoms with Gasteiger partial charge in [0.25, 0.3) is 0 Å². The molecule has 0 spiro atoms. The number of aliphatic imine (C=N–C) groups is 1. The van der Waals surface area contributed by atoms with E-state index < -0.39 is 6.61 Å². The van der Waals surface area contributed by atoms with E-state index in [2.05, 4.69) is 25.3 Å². The van der Waals surface area contributed by atoms with Crippen LogP contribution in [-0.4, -0.2) is 24.6 Å². The first-order valence-corrected chi connectivity index (χ1v) is 7.89. The molecular formula is C18H23F2IN4O. The van der Waals surface area contributed by atoms with Gasteiger partial charge in [0.2, 0.25) is 0 Å². The molecule has 1 aromatic heterocycles. The second-order valence-corrected chi connectivity index (χ2v) is 5.54. The van der Waals surface area contributed by atoms with E-state index in [4.69, 9.17) is 0 Å². The Balaban J connectivity index is 0.00000338. The summed E-state index contributed by atoms with van der Waals surface area (Å²) in [5.41, 5.74) is 3.60. The van der Waals surface area contributed by atoms with E-state index in [0.29, 0.717) is 24.6 Å². The lowest BCUT2D eigenvalue weighted by molar-refractivity contribution is -0.0504. The molecule has 0 fully saturated rings. The highest BCUT2D eigenvalue weighted by molar-refractivity contribution is 14.0. The van der Waals surface area contributed by atoms with Crippen LogP contribution in [0.5, 0.6) is 5.75 Å². The Labute approximate surface area is 169 Å². The Morgan fingerprint density at radius 3 is 2.58 bits per heavy atom. The number of benzene rings is 1. The van der Waals surface area contributed by atoms with Gasteiger partial charge >= 0.3 is 6.61 Å². The summed E-state index contributed by atoms with van der Waals surface area (Å²) in [6, 6.07) is 8.96. The molecule has 0 radical (unpaired) electrons. The van der Waals surface area contributed by atoms with Crippen molar-refractivity contribution in [2.75, 3.05) is 7.05 Å². The average molecular weight is 476 g/mol. The highest BCUT2D eigenvalue weighted by Gasteiger charge is 2.10. The fourth-order valence-corrected chi connectivity index (χ4v) is 2.33. The minimum absolute atomic E-state index is 0. The summed E-state index contributed by atoms with van der Waals surface area (Å²) >= 11 is 0. The number of guanidine groups is 1. The second kappa shape index (κ2) is 10.9. The van der Waals surface area contributed by atoms with Gasteiger partial charge in [-0.25, -0.2) is 0 Å². The maximum Gasteiger partial charge on any atom is 0.387 e. The summed E-state index contributed by atoms with van der Waals surface area (Å²) < 4.78 is 29.6. The fraction of sp³-hybridized carbons (Fsp3) is 0.333. The molecule has 0 aliphatic heterocycles. The summed E-state index contributed by atoms with van der Waals surface area (Å²) in [4.78, 5) is 8.45. The second-order valence-electron chi connectivity index (χ2n) is 5.54. The molecule has 0 atom stereocenters. The molecule has 0 aliphatic carbocycles. The van der Waals surface area contributed by atoms with Crippen LogP contribution in [0, 0.1) is 13.8 Å². The first kappa shape index (κ1) is 22.1. The van der Waals surface area contributed by atoms with Crippen LogP contribution in [0.4, 0.5) is 8.78 Å². The van der Waals surface area contributed by atoms with Gasteiger partial charge < -0.3 is 15.4 Å². The van der Waals surface area contributed by atoms with Crippen LogP contribution in [0.2, 0.25) is 0 Å². The summed E-state index contributed by atoms with van der Waals surface area (Å²) in [6.07, 6.45) is 1.74. The molecule has 26 heavy (non-hydrogen) atoms. The normalized spacial score (nSPS) is 11.1.